The molecule has 1 atom stereocenters. The molecule has 0 saturated carbocycles. The third-order valence-corrected chi connectivity index (χ3v) is 3.33. The van der Waals surface area contributed by atoms with Gasteiger partial charge in [0.1, 0.15) is 24.1 Å². The van der Waals surface area contributed by atoms with Crippen molar-refractivity contribution in [3.63, 3.8) is 0 Å². The van der Waals surface area contributed by atoms with Crippen molar-refractivity contribution in [2.45, 2.75) is 13.0 Å². The van der Waals surface area contributed by atoms with Crippen molar-refractivity contribution in [2.24, 2.45) is 7.05 Å². The van der Waals surface area contributed by atoms with Crippen molar-refractivity contribution in [3.8, 4) is 11.4 Å². The average molecular weight is 293 g/mol. The van der Waals surface area contributed by atoms with Gasteiger partial charge in [0.05, 0.1) is 18.0 Å². The van der Waals surface area contributed by atoms with Gasteiger partial charge in [-0.1, -0.05) is 0 Å². The SMILES string of the molecule is Cc1c(N)c(=O)n(-c2ccc(OCC(O)CO)cc2)n1C. The maximum Gasteiger partial charge on any atom is 0.294 e. The number of aliphatic hydroxyl groups excluding tert-OH is 2. The largest absolute Gasteiger partial charge is 0.491 e. The minimum atomic E-state index is -0.914. The van der Waals surface area contributed by atoms with Crippen LogP contribution in [-0.2, 0) is 7.05 Å². The lowest BCUT2D eigenvalue weighted by Crippen LogP contribution is -2.21. The number of hydrogen-bond acceptors (Lipinski definition) is 5. The normalized spacial score (nSPS) is 12.4. The van der Waals surface area contributed by atoms with Crippen molar-refractivity contribution >= 4 is 5.69 Å². The summed E-state index contributed by atoms with van der Waals surface area (Å²) in [5.74, 6) is 0.540. The summed E-state index contributed by atoms with van der Waals surface area (Å²) in [6.45, 7) is 1.43. The molecule has 0 saturated heterocycles. The van der Waals surface area contributed by atoms with Gasteiger partial charge in [0.2, 0.25) is 0 Å². The fraction of sp³-hybridized carbons (Fsp3) is 0.357. The molecule has 0 aliphatic heterocycles. The van der Waals surface area contributed by atoms with Crippen LogP contribution in [0.2, 0.25) is 0 Å². The second-order valence-electron chi connectivity index (χ2n) is 4.78. The molecule has 4 N–H and O–H groups in total. The van der Waals surface area contributed by atoms with Crippen LogP contribution < -0.4 is 16.0 Å². The van der Waals surface area contributed by atoms with E-state index in [1.54, 1.807) is 42.9 Å². The molecule has 2 rings (SSSR count). The highest BCUT2D eigenvalue weighted by Crippen LogP contribution is 2.16. The van der Waals surface area contributed by atoms with Crippen LogP contribution in [-0.4, -0.2) is 38.9 Å². The fourth-order valence-corrected chi connectivity index (χ4v) is 1.95. The maximum atomic E-state index is 12.1. The molecular formula is C14H19N3O4. The zero-order chi connectivity index (χ0) is 15.6. The highest BCUT2D eigenvalue weighted by Gasteiger charge is 2.13. The van der Waals surface area contributed by atoms with Gasteiger partial charge >= 0.3 is 0 Å². The Morgan fingerprint density at radius 3 is 2.43 bits per heavy atom. The van der Waals surface area contributed by atoms with Crippen LogP contribution in [0.4, 0.5) is 5.69 Å². The summed E-state index contributed by atoms with van der Waals surface area (Å²) in [5, 5.41) is 17.9. The lowest BCUT2D eigenvalue weighted by atomic mass is 10.3. The van der Waals surface area contributed by atoms with E-state index in [-0.39, 0.29) is 24.5 Å². The second-order valence-corrected chi connectivity index (χ2v) is 4.78. The first-order chi connectivity index (χ1) is 9.95. The molecule has 21 heavy (non-hydrogen) atoms. The Balaban J connectivity index is 2.24. The highest BCUT2D eigenvalue weighted by atomic mass is 16.5. The first-order valence-electron chi connectivity index (χ1n) is 6.52. The lowest BCUT2D eigenvalue weighted by molar-refractivity contribution is 0.0536. The third-order valence-electron chi connectivity index (χ3n) is 3.33. The van der Waals surface area contributed by atoms with Gasteiger partial charge in [-0.15, -0.1) is 0 Å². The average Bonchev–Trinajstić information content (AvgIpc) is 2.69. The summed E-state index contributed by atoms with van der Waals surface area (Å²) in [7, 11) is 1.76. The molecule has 1 aromatic heterocycles. The molecule has 0 spiro atoms. The van der Waals surface area contributed by atoms with Crippen LogP contribution in [0.1, 0.15) is 5.69 Å². The Labute approximate surface area is 121 Å². The van der Waals surface area contributed by atoms with E-state index in [4.69, 9.17) is 15.6 Å². The molecule has 0 aliphatic carbocycles. The van der Waals surface area contributed by atoms with Gasteiger partial charge in [0, 0.05) is 7.05 Å². The topological polar surface area (TPSA) is 103 Å². The van der Waals surface area contributed by atoms with E-state index < -0.39 is 6.10 Å². The summed E-state index contributed by atoms with van der Waals surface area (Å²) in [6, 6.07) is 6.82. The van der Waals surface area contributed by atoms with Gasteiger partial charge in [-0.2, -0.15) is 0 Å². The number of benzene rings is 1. The van der Waals surface area contributed by atoms with Crippen LogP contribution in [0.3, 0.4) is 0 Å². The molecule has 0 bridgehead atoms. The molecule has 7 heteroatoms. The number of anilines is 1. The minimum absolute atomic E-state index is 0.00596. The van der Waals surface area contributed by atoms with E-state index in [0.717, 1.165) is 0 Å². The monoisotopic (exact) mass is 293 g/mol. The van der Waals surface area contributed by atoms with Crippen molar-refractivity contribution in [2.75, 3.05) is 18.9 Å². The van der Waals surface area contributed by atoms with Crippen LogP contribution in [0, 0.1) is 6.92 Å². The molecule has 1 aromatic carbocycles. The van der Waals surface area contributed by atoms with Gasteiger partial charge in [-0.05, 0) is 31.2 Å². The second kappa shape index (κ2) is 6.02. The minimum Gasteiger partial charge on any atom is -0.491 e. The molecule has 0 radical (unpaired) electrons. The number of rotatable bonds is 5. The summed E-state index contributed by atoms with van der Waals surface area (Å²) in [4.78, 5) is 12.1. The summed E-state index contributed by atoms with van der Waals surface area (Å²) in [5.41, 5.74) is 7.06. The molecule has 0 aliphatic rings. The maximum absolute atomic E-state index is 12.1. The Morgan fingerprint density at radius 1 is 1.33 bits per heavy atom. The number of aromatic nitrogens is 2. The van der Waals surface area contributed by atoms with Crippen molar-refractivity contribution in [1.82, 2.24) is 9.36 Å². The van der Waals surface area contributed by atoms with E-state index in [9.17, 15) is 9.90 Å². The predicted octanol–water partition coefficient (Wildman–Crippen LogP) is -0.201. The number of ether oxygens (including phenoxy) is 1. The highest BCUT2D eigenvalue weighted by molar-refractivity contribution is 5.45. The van der Waals surface area contributed by atoms with E-state index in [2.05, 4.69) is 0 Å². The first kappa shape index (κ1) is 15.1. The number of nitrogens with two attached hydrogens (primary N) is 1. The van der Waals surface area contributed by atoms with Crippen molar-refractivity contribution in [3.05, 3.63) is 40.3 Å². The fourth-order valence-electron chi connectivity index (χ4n) is 1.95. The Morgan fingerprint density at radius 2 is 1.95 bits per heavy atom. The molecule has 114 valence electrons. The van der Waals surface area contributed by atoms with Crippen LogP contribution in [0.15, 0.2) is 29.1 Å². The van der Waals surface area contributed by atoms with E-state index >= 15 is 0 Å². The van der Waals surface area contributed by atoms with E-state index in [1.165, 1.54) is 4.68 Å². The van der Waals surface area contributed by atoms with Crippen LogP contribution in [0.5, 0.6) is 5.75 Å². The summed E-state index contributed by atoms with van der Waals surface area (Å²) < 4.78 is 8.46. The Hall–Kier alpha value is -2.25. The smallest absolute Gasteiger partial charge is 0.294 e. The van der Waals surface area contributed by atoms with E-state index in [1.807, 2.05) is 0 Å². The number of hydrogen-bond donors (Lipinski definition) is 3. The zero-order valence-electron chi connectivity index (χ0n) is 12.0. The molecule has 1 heterocycles. The van der Waals surface area contributed by atoms with Gasteiger partial charge in [-0.25, -0.2) is 4.68 Å². The molecule has 2 aromatic rings. The summed E-state index contributed by atoms with van der Waals surface area (Å²) in [6.07, 6.45) is -0.914. The van der Waals surface area contributed by atoms with E-state index in [0.29, 0.717) is 17.1 Å². The van der Waals surface area contributed by atoms with Crippen molar-refractivity contribution < 1.29 is 14.9 Å². The van der Waals surface area contributed by atoms with Gasteiger partial charge in [-0.3, -0.25) is 9.48 Å². The zero-order valence-corrected chi connectivity index (χ0v) is 12.0. The standard InChI is InChI=1S/C14H19N3O4/c1-9-13(15)14(20)17(16(9)2)10-3-5-12(6-4-10)21-8-11(19)7-18/h3-6,11,18-19H,7-8,15H2,1-2H3. The molecule has 7 nitrogen and oxygen atoms in total. The van der Waals surface area contributed by atoms with Gasteiger partial charge < -0.3 is 20.7 Å². The quantitative estimate of drug-likeness (QED) is 0.708. The lowest BCUT2D eigenvalue weighted by Gasteiger charge is -2.11. The van der Waals surface area contributed by atoms with Crippen LogP contribution >= 0.6 is 0 Å². The first-order valence-corrected chi connectivity index (χ1v) is 6.52. The molecular weight excluding hydrogens is 274 g/mol. The van der Waals surface area contributed by atoms with Crippen molar-refractivity contribution in [1.29, 1.82) is 0 Å². The third kappa shape index (κ3) is 2.93. The Bertz CT molecular complexity index is 673. The summed E-state index contributed by atoms with van der Waals surface area (Å²) >= 11 is 0. The van der Waals surface area contributed by atoms with Crippen LogP contribution in [0.25, 0.3) is 5.69 Å². The van der Waals surface area contributed by atoms with Gasteiger partial charge in [0.25, 0.3) is 5.56 Å². The Kier molecular flexibility index (Phi) is 4.35. The molecule has 0 amide bonds. The molecule has 0 fully saturated rings. The number of nitrogens with zero attached hydrogens (tertiary/aromatic N) is 2. The number of aliphatic hydroxyl groups is 2. The molecule has 1 unspecified atom stereocenters. The van der Waals surface area contributed by atoms with Gasteiger partial charge in [0.15, 0.2) is 0 Å². The predicted molar refractivity (Wildman–Crippen MR) is 78.7 cm³/mol. The number of nitrogen functional groups attached to an aromatic ring is 1.